The minimum atomic E-state index is -3.52. The van der Waals surface area contributed by atoms with Crippen molar-refractivity contribution in [3.63, 3.8) is 0 Å². The first kappa shape index (κ1) is 13.7. The van der Waals surface area contributed by atoms with Crippen LogP contribution in [-0.4, -0.2) is 37.5 Å². The van der Waals surface area contributed by atoms with Crippen molar-refractivity contribution in [3.8, 4) is 0 Å². The van der Waals surface area contributed by atoms with Gasteiger partial charge in [-0.3, -0.25) is 4.79 Å². The van der Waals surface area contributed by atoms with Gasteiger partial charge < -0.3 is 10.4 Å². The molecule has 0 unspecified atom stereocenters. The molecule has 94 valence electrons. The highest BCUT2D eigenvalue weighted by Gasteiger charge is 2.15. The van der Waals surface area contributed by atoms with Crippen LogP contribution in [0.1, 0.15) is 5.56 Å². The molecular formula is C11H15NO4S. The number of aliphatic hydroxyl groups excluding tert-OH is 1. The van der Waals surface area contributed by atoms with Gasteiger partial charge in [-0.2, -0.15) is 0 Å². The second-order valence-electron chi connectivity index (χ2n) is 3.73. The Balaban J connectivity index is 2.62. The smallest absolute Gasteiger partial charge is 0.239 e. The first-order chi connectivity index (χ1) is 7.93. The minimum Gasteiger partial charge on any atom is -0.395 e. The van der Waals surface area contributed by atoms with E-state index >= 15 is 0 Å². The van der Waals surface area contributed by atoms with Crippen LogP contribution in [0.3, 0.4) is 0 Å². The molecule has 0 atom stereocenters. The lowest BCUT2D eigenvalue weighted by Gasteiger charge is -2.06. The average molecular weight is 257 g/mol. The SMILES string of the molecule is Cc1cccc(NC(=O)CS(=O)(=O)CCO)c1. The molecule has 0 fully saturated rings. The third-order valence-corrected chi connectivity index (χ3v) is 3.56. The molecule has 0 spiro atoms. The molecule has 0 aliphatic rings. The lowest BCUT2D eigenvalue weighted by molar-refractivity contribution is -0.113. The van der Waals surface area contributed by atoms with Gasteiger partial charge in [-0.05, 0) is 24.6 Å². The summed E-state index contributed by atoms with van der Waals surface area (Å²) in [4.78, 5) is 11.4. The molecule has 0 saturated heterocycles. The van der Waals surface area contributed by atoms with E-state index in [1.54, 1.807) is 18.2 Å². The quantitative estimate of drug-likeness (QED) is 0.796. The Kier molecular flexibility index (Phi) is 4.65. The summed E-state index contributed by atoms with van der Waals surface area (Å²) in [5.74, 6) is -1.60. The van der Waals surface area contributed by atoms with Crippen molar-refractivity contribution < 1.29 is 18.3 Å². The van der Waals surface area contributed by atoms with Gasteiger partial charge in [-0.25, -0.2) is 8.42 Å². The van der Waals surface area contributed by atoms with E-state index in [4.69, 9.17) is 5.11 Å². The van der Waals surface area contributed by atoms with Crippen LogP contribution in [0, 0.1) is 6.92 Å². The number of nitrogens with one attached hydrogen (secondary N) is 1. The van der Waals surface area contributed by atoms with Gasteiger partial charge in [0.05, 0.1) is 12.4 Å². The number of aliphatic hydroxyl groups is 1. The lowest BCUT2D eigenvalue weighted by atomic mass is 10.2. The topological polar surface area (TPSA) is 83.5 Å². The van der Waals surface area contributed by atoms with E-state index in [0.29, 0.717) is 5.69 Å². The van der Waals surface area contributed by atoms with E-state index in [0.717, 1.165) is 5.56 Å². The zero-order valence-electron chi connectivity index (χ0n) is 9.51. The molecule has 1 aromatic rings. The number of carbonyl (C=O) groups excluding carboxylic acids is 1. The molecule has 0 aromatic heterocycles. The van der Waals surface area contributed by atoms with Gasteiger partial charge in [-0.1, -0.05) is 12.1 Å². The standard InChI is InChI=1S/C11H15NO4S/c1-9-3-2-4-10(7-9)12-11(14)8-17(15,16)6-5-13/h2-4,7,13H,5-6,8H2,1H3,(H,12,14). The largest absolute Gasteiger partial charge is 0.395 e. The highest BCUT2D eigenvalue weighted by atomic mass is 32.2. The average Bonchev–Trinajstić information content (AvgIpc) is 2.15. The Morgan fingerprint density at radius 3 is 2.71 bits per heavy atom. The maximum atomic E-state index is 11.4. The van der Waals surface area contributed by atoms with E-state index < -0.39 is 33.9 Å². The van der Waals surface area contributed by atoms with Gasteiger partial charge in [0.15, 0.2) is 9.84 Å². The number of sulfone groups is 1. The van der Waals surface area contributed by atoms with Crippen molar-refractivity contribution in [1.29, 1.82) is 0 Å². The Morgan fingerprint density at radius 1 is 1.41 bits per heavy atom. The molecule has 0 radical (unpaired) electrons. The normalized spacial score (nSPS) is 11.2. The molecule has 2 N–H and O–H groups in total. The van der Waals surface area contributed by atoms with Crippen molar-refractivity contribution in [2.75, 3.05) is 23.4 Å². The fourth-order valence-corrected chi connectivity index (χ4v) is 2.23. The van der Waals surface area contributed by atoms with Crippen LogP contribution >= 0.6 is 0 Å². The summed E-state index contributed by atoms with van der Waals surface area (Å²) >= 11 is 0. The molecule has 0 aliphatic heterocycles. The Bertz CT molecular complexity index is 496. The number of rotatable bonds is 5. The lowest BCUT2D eigenvalue weighted by Crippen LogP contribution is -2.25. The van der Waals surface area contributed by atoms with Crippen LogP contribution < -0.4 is 5.32 Å². The Labute approximate surface area is 100 Å². The van der Waals surface area contributed by atoms with Crippen LogP contribution in [0.15, 0.2) is 24.3 Å². The Morgan fingerprint density at radius 2 is 2.12 bits per heavy atom. The molecule has 17 heavy (non-hydrogen) atoms. The second-order valence-corrected chi connectivity index (χ2v) is 5.92. The zero-order chi connectivity index (χ0) is 12.9. The van der Waals surface area contributed by atoms with Gasteiger partial charge in [0.1, 0.15) is 5.75 Å². The fourth-order valence-electron chi connectivity index (χ4n) is 1.33. The highest BCUT2D eigenvalue weighted by molar-refractivity contribution is 7.92. The molecule has 0 saturated carbocycles. The van der Waals surface area contributed by atoms with E-state index in [2.05, 4.69) is 5.32 Å². The zero-order valence-corrected chi connectivity index (χ0v) is 10.3. The molecular weight excluding hydrogens is 242 g/mol. The number of amides is 1. The van der Waals surface area contributed by atoms with E-state index in [1.807, 2.05) is 13.0 Å². The van der Waals surface area contributed by atoms with Gasteiger partial charge in [-0.15, -0.1) is 0 Å². The number of hydrogen-bond acceptors (Lipinski definition) is 4. The third-order valence-electron chi connectivity index (χ3n) is 2.06. The van der Waals surface area contributed by atoms with Crippen LogP contribution in [0.2, 0.25) is 0 Å². The summed E-state index contributed by atoms with van der Waals surface area (Å²) in [5, 5.41) is 11.0. The van der Waals surface area contributed by atoms with Crippen molar-refractivity contribution >= 4 is 21.4 Å². The number of aryl methyl sites for hydroxylation is 1. The molecule has 0 aliphatic carbocycles. The van der Waals surface area contributed by atoms with Gasteiger partial charge >= 0.3 is 0 Å². The van der Waals surface area contributed by atoms with Crippen LogP contribution in [0.4, 0.5) is 5.69 Å². The third kappa shape index (κ3) is 4.97. The van der Waals surface area contributed by atoms with Gasteiger partial charge in [0, 0.05) is 5.69 Å². The fraction of sp³-hybridized carbons (Fsp3) is 0.364. The highest BCUT2D eigenvalue weighted by Crippen LogP contribution is 2.09. The predicted molar refractivity (Wildman–Crippen MR) is 65.5 cm³/mol. The van der Waals surface area contributed by atoms with Crippen molar-refractivity contribution in [2.24, 2.45) is 0 Å². The number of hydrogen-bond donors (Lipinski definition) is 2. The maximum Gasteiger partial charge on any atom is 0.239 e. The van der Waals surface area contributed by atoms with E-state index in [1.165, 1.54) is 0 Å². The minimum absolute atomic E-state index is 0.395. The van der Waals surface area contributed by atoms with Crippen molar-refractivity contribution in [1.82, 2.24) is 0 Å². The molecule has 1 rings (SSSR count). The summed E-state index contributed by atoms with van der Waals surface area (Å²) in [5.41, 5.74) is 1.54. The summed E-state index contributed by atoms with van der Waals surface area (Å²) in [6.07, 6.45) is 0. The number of carbonyl (C=O) groups is 1. The predicted octanol–water partition coefficient (Wildman–Crippen LogP) is 0.341. The van der Waals surface area contributed by atoms with Crippen molar-refractivity contribution in [2.45, 2.75) is 6.92 Å². The monoisotopic (exact) mass is 257 g/mol. The molecule has 1 amide bonds. The van der Waals surface area contributed by atoms with Crippen LogP contribution in [0.5, 0.6) is 0 Å². The van der Waals surface area contributed by atoms with Crippen LogP contribution in [-0.2, 0) is 14.6 Å². The molecule has 5 nitrogen and oxygen atoms in total. The number of benzene rings is 1. The molecule has 6 heteroatoms. The van der Waals surface area contributed by atoms with E-state index in [9.17, 15) is 13.2 Å². The maximum absolute atomic E-state index is 11.4. The van der Waals surface area contributed by atoms with Gasteiger partial charge in [0.25, 0.3) is 0 Å². The van der Waals surface area contributed by atoms with Crippen LogP contribution in [0.25, 0.3) is 0 Å². The summed E-state index contributed by atoms with van der Waals surface area (Å²) < 4.78 is 22.6. The van der Waals surface area contributed by atoms with E-state index in [-0.39, 0.29) is 0 Å². The van der Waals surface area contributed by atoms with Crippen molar-refractivity contribution in [3.05, 3.63) is 29.8 Å². The van der Waals surface area contributed by atoms with Gasteiger partial charge in [0.2, 0.25) is 5.91 Å². The Hall–Kier alpha value is -1.40. The molecule has 0 heterocycles. The summed E-state index contributed by atoms with van der Waals surface area (Å²) in [6.45, 7) is 1.40. The first-order valence-corrected chi connectivity index (χ1v) is 6.93. The summed E-state index contributed by atoms with van der Waals surface area (Å²) in [7, 11) is -3.52. The first-order valence-electron chi connectivity index (χ1n) is 5.11. The summed E-state index contributed by atoms with van der Waals surface area (Å²) in [6, 6.07) is 7.07. The second kappa shape index (κ2) is 5.79. The number of anilines is 1. The molecule has 0 bridgehead atoms. The molecule has 1 aromatic carbocycles.